The number of rotatable bonds is 3. The number of aliphatic hydroxyl groups is 1. The molecule has 0 unspecified atom stereocenters. The maximum absolute atomic E-state index is 10.0. The van der Waals surface area contributed by atoms with Gasteiger partial charge in [0.15, 0.2) is 11.4 Å². The second kappa shape index (κ2) is 11.4. The van der Waals surface area contributed by atoms with Gasteiger partial charge in [0.1, 0.15) is 5.76 Å². The molecular weight excluding hydrogens is 603 g/mol. The average molecular weight is 633 g/mol. The molecule has 0 aliphatic carbocycles. The third-order valence-electron chi connectivity index (χ3n) is 5.02. The Labute approximate surface area is 215 Å². The van der Waals surface area contributed by atoms with Crippen molar-refractivity contribution >= 4 is 16.8 Å². The van der Waals surface area contributed by atoms with Crippen molar-refractivity contribution in [2.24, 2.45) is 0 Å². The van der Waals surface area contributed by atoms with Crippen LogP contribution in [0, 0.1) is 13.0 Å². The number of nitrogens with zero attached hydrogens (tertiary/aromatic N) is 1. The molecule has 0 atom stereocenters. The molecule has 0 saturated heterocycles. The van der Waals surface area contributed by atoms with E-state index in [0.717, 1.165) is 39.1 Å². The van der Waals surface area contributed by atoms with Crippen molar-refractivity contribution in [3.8, 4) is 22.6 Å². The van der Waals surface area contributed by atoms with Gasteiger partial charge in [0.25, 0.3) is 0 Å². The predicted octanol–water partition coefficient (Wildman–Crippen LogP) is 7.60. The van der Waals surface area contributed by atoms with Crippen LogP contribution in [0.1, 0.15) is 45.7 Å². The first-order chi connectivity index (χ1) is 15.5. The van der Waals surface area contributed by atoms with Crippen LogP contribution < -0.4 is 0 Å². The van der Waals surface area contributed by atoms with Gasteiger partial charge in [-0.1, -0.05) is 64.1 Å². The number of aliphatic hydroxyl groups excluding tert-OH is 1. The number of aryl methyl sites for hydroxylation is 1. The molecule has 5 heteroatoms. The molecule has 4 nitrogen and oxygen atoms in total. The van der Waals surface area contributed by atoms with Crippen molar-refractivity contribution < 1.29 is 34.4 Å². The molecule has 0 saturated carbocycles. The SMILES string of the molecule is CC(=O)/C=C(/C)O.Cc1[c-]c(-c2cc3cc(-c4ccccc4)oc3cn2)cc(C(C)(C)C)c1.[Ir]. The number of furan rings is 1. The Bertz CT molecular complexity index is 1290. The summed E-state index contributed by atoms with van der Waals surface area (Å²) in [6.45, 7) is 11.6. The number of hydrogen-bond acceptors (Lipinski definition) is 4. The Hall–Kier alpha value is -3.01. The number of carbonyl (C=O) groups excluding carboxylic acids is 1. The third kappa shape index (κ3) is 7.24. The molecule has 0 aliphatic heterocycles. The van der Waals surface area contributed by atoms with Crippen molar-refractivity contribution in [3.63, 3.8) is 0 Å². The summed E-state index contributed by atoms with van der Waals surface area (Å²) in [6, 6.07) is 22.1. The number of ketones is 1. The summed E-state index contributed by atoms with van der Waals surface area (Å²) < 4.78 is 5.97. The van der Waals surface area contributed by atoms with Crippen LogP contribution in [0.5, 0.6) is 0 Å². The van der Waals surface area contributed by atoms with Crippen LogP contribution >= 0.6 is 0 Å². The molecule has 0 aliphatic rings. The zero-order chi connectivity index (χ0) is 24.2. The number of carbonyl (C=O) groups is 1. The summed E-state index contributed by atoms with van der Waals surface area (Å²) in [5.41, 5.74) is 6.34. The molecule has 1 N–H and O–H groups in total. The van der Waals surface area contributed by atoms with E-state index >= 15 is 0 Å². The minimum Gasteiger partial charge on any atom is -0.512 e. The summed E-state index contributed by atoms with van der Waals surface area (Å²) >= 11 is 0. The van der Waals surface area contributed by atoms with E-state index in [0.29, 0.717) is 0 Å². The molecule has 34 heavy (non-hydrogen) atoms. The van der Waals surface area contributed by atoms with E-state index < -0.39 is 0 Å². The second-order valence-corrected chi connectivity index (χ2v) is 9.20. The van der Waals surface area contributed by atoms with Gasteiger partial charge in [-0.25, -0.2) is 0 Å². The van der Waals surface area contributed by atoms with Gasteiger partial charge in [-0.3, -0.25) is 4.79 Å². The Balaban J connectivity index is 0.000000449. The molecule has 0 fully saturated rings. The molecule has 0 bridgehead atoms. The van der Waals surface area contributed by atoms with Gasteiger partial charge in [0, 0.05) is 37.1 Å². The minimum atomic E-state index is -0.125. The molecule has 2 aromatic heterocycles. The normalized spacial score (nSPS) is 11.4. The van der Waals surface area contributed by atoms with Gasteiger partial charge in [0.2, 0.25) is 0 Å². The van der Waals surface area contributed by atoms with Gasteiger partial charge in [-0.15, -0.1) is 34.9 Å². The van der Waals surface area contributed by atoms with E-state index in [2.05, 4.69) is 75.1 Å². The Morgan fingerprint density at radius 2 is 1.74 bits per heavy atom. The fourth-order valence-electron chi connectivity index (χ4n) is 3.42. The summed E-state index contributed by atoms with van der Waals surface area (Å²) in [5, 5.41) is 9.42. The van der Waals surface area contributed by atoms with E-state index in [1.54, 1.807) is 0 Å². The fourth-order valence-corrected chi connectivity index (χ4v) is 3.42. The fraction of sp³-hybridized carbons (Fsp3) is 0.241. The van der Waals surface area contributed by atoms with E-state index in [1.165, 1.54) is 25.5 Å². The zero-order valence-electron chi connectivity index (χ0n) is 20.4. The van der Waals surface area contributed by atoms with Gasteiger partial charge in [0.05, 0.1) is 12.0 Å². The quantitative estimate of drug-likeness (QED) is 0.144. The van der Waals surface area contributed by atoms with Gasteiger partial charge in [-0.05, 0) is 31.0 Å². The maximum Gasteiger partial charge on any atom is 0.155 e. The number of fused-ring (bicyclic) bond motifs is 1. The second-order valence-electron chi connectivity index (χ2n) is 9.20. The Kier molecular flexibility index (Phi) is 9.14. The van der Waals surface area contributed by atoms with Crippen molar-refractivity contribution in [2.45, 2.75) is 47.0 Å². The zero-order valence-corrected chi connectivity index (χ0v) is 22.8. The van der Waals surface area contributed by atoms with Crippen molar-refractivity contribution in [1.29, 1.82) is 0 Å². The van der Waals surface area contributed by atoms with Crippen LogP contribution in [0.4, 0.5) is 0 Å². The first-order valence-electron chi connectivity index (χ1n) is 10.9. The third-order valence-corrected chi connectivity index (χ3v) is 5.02. The summed E-state index contributed by atoms with van der Waals surface area (Å²) in [5.74, 6) is 0.802. The van der Waals surface area contributed by atoms with Gasteiger partial charge >= 0.3 is 0 Å². The Morgan fingerprint density at radius 3 is 2.29 bits per heavy atom. The van der Waals surface area contributed by atoms with Crippen molar-refractivity contribution in [1.82, 2.24) is 4.98 Å². The van der Waals surface area contributed by atoms with Crippen LogP contribution in [0.25, 0.3) is 33.6 Å². The molecule has 0 amide bonds. The van der Waals surface area contributed by atoms with Gasteiger partial charge < -0.3 is 14.5 Å². The Morgan fingerprint density at radius 1 is 1.06 bits per heavy atom. The van der Waals surface area contributed by atoms with Crippen molar-refractivity contribution in [2.75, 3.05) is 0 Å². The number of benzene rings is 2. The molecule has 4 rings (SSSR count). The molecule has 1 radical (unpaired) electrons. The van der Waals surface area contributed by atoms with Crippen molar-refractivity contribution in [3.05, 3.63) is 89.8 Å². The average Bonchev–Trinajstić information content (AvgIpc) is 3.16. The van der Waals surface area contributed by atoms with Crippen LogP contribution in [0.15, 0.2) is 77.0 Å². The number of pyridine rings is 1. The van der Waals surface area contributed by atoms with E-state index in [-0.39, 0.29) is 37.1 Å². The topological polar surface area (TPSA) is 63.3 Å². The summed E-state index contributed by atoms with van der Waals surface area (Å²) in [7, 11) is 0. The van der Waals surface area contributed by atoms with E-state index in [4.69, 9.17) is 9.52 Å². The van der Waals surface area contributed by atoms with E-state index in [9.17, 15) is 4.79 Å². The molecule has 2 aromatic carbocycles. The molecule has 0 spiro atoms. The molecule has 179 valence electrons. The molecule has 4 aromatic rings. The first kappa shape index (κ1) is 27.2. The van der Waals surface area contributed by atoms with Crippen LogP contribution in [-0.4, -0.2) is 15.9 Å². The smallest absolute Gasteiger partial charge is 0.155 e. The number of aromatic nitrogens is 1. The number of allylic oxidation sites excluding steroid dienone is 2. The first-order valence-corrected chi connectivity index (χ1v) is 10.9. The minimum absolute atomic E-state index is 0. The van der Waals surface area contributed by atoms with E-state index in [1.807, 2.05) is 24.4 Å². The standard InChI is InChI=1S/C24H22NO.C5H8O2.Ir/c1-16-10-18(12-20(11-16)24(2,3)4)21-13-19-14-22(26-23(19)15-25-21)17-8-6-5-7-9-17;1-4(6)3-5(2)7;/h5-9,11-15H,1-4H3;3,6H,1-2H3;/q-1;;/b;4-3-;. The summed E-state index contributed by atoms with van der Waals surface area (Å²) in [4.78, 5) is 14.6. The predicted molar refractivity (Wildman–Crippen MR) is 134 cm³/mol. The van der Waals surface area contributed by atoms with Crippen LogP contribution in [0.3, 0.4) is 0 Å². The van der Waals surface area contributed by atoms with Gasteiger partial charge in [-0.2, -0.15) is 0 Å². The maximum atomic E-state index is 10.0. The van der Waals surface area contributed by atoms with Crippen LogP contribution in [0.2, 0.25) is 0 Å². The number of hydrogen-bond donors (Lipinski definition) is 1. The van der Waals surface area contributed by atoms with Crippen LogP contribution in [-0.2, 0) is 30.3 Å². The monoisotopic (exact) mass is 633 g/mol. The molecular formula is C29H30IrNO3-. The summed E-state index contributed by atoms with van der Waals surface area (Å²) in [6.07, 6.45) is 2.98. The molecule has 2 heterocycles. The largest absolute Gasteiger partial charge is 0.512 e.